The number of hydrogen-bond donors (Lipinski definition) is 2. The van der Waals surface area contributed by atoms with Crippen molar-refractivity contribution in [1.82, 2.24) is 9.88 Å². The van der Waals surface area contributed by atoms with Crippen LogP contribution >= 0.6 is 0 Å². The summed E-state index contributed by atoms with van der Waals surface area (Å²) >= 11 is 0. The number of benzene rings is 3. The number of aromatic nitrogens is 1. The Labute approximate surface area is 220 Å². The molecule has 196 valence electrons. The summed E-state index contributed by atoms with van der Waals surface area (Å²) in [4.78, 5) is 35.2. The van der Waals surface area contributed by atoms with E-state index in [2.05, 4.69) is 4.98 Å². The zero-order valence-electron chi connectivity index (χ0n) is 21.7. The normalized spacial score (nSPS) is 11.7. The quantitative estimate of drug-likeness (QED) is 0.267. The maximum Gasteiger partial charge on any atom is 0.309 e. The lowest BCUT2D eigenvalue weighted by atomic mass is 9.99. The molecule has 0 atom stereocenters. The fourth-order valence-electron chi connectivity index (χ4n) is 4.08. The molecule has 1 heterocycles. The Hall–Kier alpha value is -4.50. The molecule has 4 rings (SSSR count). The maximum absolute atomic E-state index is 13.9. The molecule has 0 aliphatic heterocycles. The van der Waals surface area contributed by atoms with Gasteiger partial charge in [-0.05, 0) is 62.1 Å². The van der Waals surface area contributed by atoms with E-state index in [1.165, 1.54) is 19.2 Å². The number of amides is 1. The lowest BCUT2D eigenvalue weighted by Gasteiger charge is -2.19. The number of anilines is 1. The molecule has 0 saturated heterocycles. The second-order valence-corrected chi connectivity index (χ2v) is 9.16. The maximum atomic E-state index is 13.9. The number of H-pyrrole nitrogens is 1. The van der Waals surface area contributed by atoms with Crippen molar-refractivity contribution >= 4 is 39.9 Å². The van der Waals surface area contributed by atoms with Crippen LogP contribution in [0.1, 0.15) is 16.7 Å². The van der Waals surface area contributed by atoms with Crippen LogP contribution in [0.3, 0.4) is 0 Å². The fraction of sp³-hybridized carbons (Fsp3) is 0.207. The Morgan fingerprint density at radius 3 is 2.32 bits per heavy atom. The third-order valence-electron chi connectivity index (χ3n) is 6.08. The number of fused-ring (bicyclic) bond motifs is 1. The first-order valence-electron chi connectivity index (χ1n) is 11.9. The number of esters is 1. The molecule has 2 N–H and O–H groups in total. The predicted molar refractivity (Wildman–Crippen MR) is 146 cm³/mol. The van der Waals surface area contributed by atoms with Gasteiger partial charge < -0.3 is 24.6 Å². The first kappa shape index (κ1) is 26.6. The van der Waals surface area contributed by atoms with E-state index >= 15 is 0 Å². The van der Waals surface area contributed by atoms with Crippen LogP contribution in [0.4, 0.5) is 15.8 Å². The van der Waals surface area contributed by atoms with E-state index in [4.69, 9.17) is 9.73 Å². The van der Waals surface area contributed by atoms with Gasteiger partial charge in [0.2, 0.25) is 5.91 Å². The number of aromatic amines is 1. The molecule has 0 spiro atoms. The molecule has 4 aromatic rings. The van der Waals surface area contributed by atoms with Gasteiger partial charge in [-0.1, -0.05) is 24.3 Å². The standard InChI is InChI=1S/C29H29FN4O4/c1-33(2)17-25(35)34(3)22-12-10-21(11-13-22)31-28(19-7-5-18(6-8-19)15-26(36)38-4)27-23-14-9-20(30)16-24(23)32-29(27)37/h5-14,16,32,37H,15,17H2,1-4H3. The van der Waals surface area contributed by atoms with Crippen LogP contribution in [-0.4, -0.2) is 67.4 Å². The van der Waals surface area contributed by atoms with Crippen LogP contribution in [0.2, 0.25) is 0 Å². The first-order valence-corrected chi connectivity index (χ1v) is 11.9. The highest BCUT2D eigenvalue weighted by Crippen LogP contribution is 2.32. The van der Waals surface area contributed by atoms with Crippen molar-refractivity contribution in [3.05, 3.63) is 89.2 Å². The van der Waals surface area contributed by atoms with Gasteiger partial charge in [-0.3, -0.25) is 9.59 Å². The molecular formula is C29H29FN4O4. The first-order chi connectivity index (χ1) is 18.2. The molecular weight excluding hydrogens is 487 g/mol. The Kier molecular flexibility index (Phi) is 7.87. The zero-order valence-corrected chi connectivity index (χ0v) is 21.7. The lowest BCUT2D eigenvalue weighted by molar-refractivity contribution is -0.139. The summed E-state index contributed by atoms with van der Waals surface area (Å²) < 4.78 is 18.6. The molecule has 0 aliphatic rings. The number of halogens is 1. The van der Waals surface area contributed by atoms with E-state index < -0.39 is 5.82 Å². The van der Waals surface area contributed by atoms with Gasteiger partial charge in [-0.25, -0.2) is 9.38 Å². The highest BCUT2D eigenvalue weighted by Gasteiger charge is 2.20. The SMILES string of the molecule is COC(=O)Cc1ccc(C(=Nc2ccc(N(C)C(=O)CN(C)C)cc2)c2c(O)[nH]c3cc(F)ccc23)cc1. The van der Waals surface area contributed by atoms with Crippen LogP contribution in [0.5, 0.6) is 5.88 Å². The van der Waals surface area contributed by atoms with Crippen molar-refractivity contribution in [2.75, 3.05) is 39.7 Å². The van der Waals surface area contributed by atoms with E-state index in [9.17, 15) is 19.1 Å². The number of likely N-dealkylation sites (N-methyl/N-ethyl adjacent to an activating group) is 2. The number of nitrogens with one attached hydrogen (secondary N) is 1. The van der Waals surface area contributed by atoms with Gasteiger partial charge in [-0.15, -0.1) is 0 Å². The molecule has 0 saturated carbocycles. The molecule has 0 unspecified atom stereocenters. The summed E-state index contributed by atoms with van der Waals surface area (Å²) in [6.45, 7) is 0.285. The zero-order chi connectivity index (χ0) is 27.4. The topological polar surface area (TPSA) is 98.2 Å². The number of nitrogens with zero attached hydrogens (tertiary/aromatic N) is 3. The number of hydrogen-bond acceptors (Lipinski definition) is 6. The Balaban J connectivity index is 1.77. The Morgan fingerprint density at radius 2 is 1.68 bits per heavy atom. The van der Waals surface area contributed by atoms with Gasteiger partial charge in [0.1, 0.15) is 5.82 Å². The van der Waals surface area contributed by atoms with Gasteiger partial charge >= 0.3 is 5.97 Å². The highest BCUT2D eigenvalue weighted by molar-refractivity contribution is 6.21. The molecule has 1 aromatic heterocycles. The van der Waals surface area contributed by atoms with Crippen molar-refractivity contribution < 1.29 is 23.8 Å². The van der Waals surface area contributed by atoms with Crippen LogP contribution < -0.4 is 4.90 Å². The number of carbonyl (C=O) groups is 2. The average molecular weight is 517 g/mol. The number of methoxy groups -OCH3 is 1. The van der Waals surface area contributed by atoms with Gasteiger partial charge in [0.15, 0.2) is 5.88 Å². The van der Waals surface area contributed by atoms with Crippen molar-refractivity contribution in [3.8, 4) is 5.88 Å². The van der Waals surface area contributed by atoms with Crippen LogP contribution in [0.25, 0.3) is 10.9 Å². The summed E-state index contributed by atoms with van der Waals surface area (Å²) in [5.41, 5.74) is 4.06. The van der Waals surface area contributed by atoms with Gasteiger partial charge in [-0.2, -0.15) is 0 Å². The predicted octanol–water partition coefficient (Wildman–Crippen LogP) is 4.42. The van der Waals surface area contributed by atoms with Crippen molar-refractivity contribution in [3.63, 3.8) is 0 Å². The van der Waals surface area contributed by atoms with Gasteiger partial charge in [0, 0.05) is 23.7 Å². The van der Waals surface area contributed by atoms with E-state index in [0.29, 0.717) is 33.4 Å². The van der Waals surface area contributed by atoms with Gasteiger partial charge in [0.05, 0.1) is 42.6 Å². The monoisotopic (exact) mass is 516 g/mol. The van der Waals surface area contributed by atoms with Crippen LogP contribution in [-0.2, 0) is 20.7 Å². The minimum absolute atomic E-state index is 0.0464. The summed E-state index contributed by atoms with van der Waals surface area (Å²) in [7, 11) is 6.73. The molecule has 1 amide bonds. The van der Waals surface area contributed by atoms with Crippen molar-refractivity contribution in [2.24, 2.45) is 4.99 Å². The van der Waals surface area contributed by atoms with E-state index in [-0.39, 0.29) is 30.7 Å². The van der Waals surface area contributed by atoms with Crippen LogP contribution in [0, 0.1) is 5.82 Å². The molecule has 0 fully saturated rings. The largest absolute Gasteiger partial charge is 0.494 e. The van der Waals surface area contributed by atoms with Crippen molar-refractivity contribution in [1.29, 1.82) is 0 Å². The lowest BCUT2D eigenvalue weighted by Crippen LogP contribution is -2.34. The molecule has 3 aromatic carbocycles. The van der Waals surface area contributed by atoms with Crippen LogP contribution in [0.15, 0.2) is 71.7 Å². The number of carbonyl (C=O) groups excluding carboxylic acids is 2. The third-order valence-corrected chi connectivity index (χ3v) is 6.08. The number of aliphatic imine (C=N–C) groups is 1. The molecule has 0 radical (unpaired) electrons. The summed E-state index contributed by atoms with van der Waals surface area (Å²) in [6, 6.07) is 18.6. The number of rotatable bonds is 8. The Morgan fingerprint density at radius 1 is 1.00 bits per heavy atom. The number of aromatic hydroxyl groups is 1. The Bertz CT molecular complexity index is 1490. The molecule has 9 heteroatoms. The smallest absolute Gasteiger partial charge is 0.309 e. The highest BCUT2D eigenvalue weighted by atomic mass is 19.1. The molecule has 0 bridgehead atoms. The van der Waals surface area contributed by atoms with E-state index in [1.807, 2.05) is 14.1 Å². The average Bonchev–Trinajstić information content (AvgIpc) is 3.21. The van der Waals surface area contributed by atoms with E-state index in [1.54, 1.807) is 71.4 Å². The fourth-order valence-corrected chi connectivity index (χ4v) is 4.08. The molecule has 0 aliphatic carbocycles. The van der Waals surface area contributed by atoms with Crippen molar-refractivity contribution in [2.45, 2.75) is 6.42 Å². The summed E-state index contributed by atoms with van der Waals surface area (Å²) in [5, 5.41) is 11.4. The second-order valence-electron chi connectivity index (χ2n) is 9.16. The second kappa shape index (κ2) is 11.3. The molecule has 38 heavy (non-hydrogen) atoms. The molecule has 8 nitrogen and oxygen atoms in total. The minimum atomic E-state index is -0.431. The summed E-state index contributed by atoms with van der Waals surface area (Å²) in [5.74, 6) is -0.972. The summed E-state index contributed by atoms with van der Waals surface area (Å²) in [6.07, 6.45) is 0.127. The number of ether oxygens (including phenoxy) is 1. The minimum Gasteiger partial charge on any atom is -0.494 e. The van der Waals surface area contributed by atoms with Gasteiger partial charge in [0.25, 0.3) is 0 Å². The van der Waals surface area contributed by atoms with E-state index in [0.717, 1.165) is 11.3 Å². The third kappa shape index (κ3) is 5.90.